The van der Waals surface area contributed by atoms with Crippen molar-refractivity contribution < 1.29 is 12.8 Å². The van der Waals surface area contributed by atoms with E-state index >= 15 is 0 Å². The van der Waals surface area contributed by atoms with E-state index in [2.05, 4.69) is 9.97 Å². The average Bonchev–Trinajstić information content (AvgIpc) is 3.19. The van der Waals surface area contributed by atoms with Gasteiger partial charge in [0.05, 0.1) is 6.26 Å². The van der Waals surface area contributed by atoms with Gasteiger partial charge in [0.15, 0.2) is 10.7 Å². The van der Waals surface area contributed by atoms with Gasteiger partial charge in [-0.25, -0.2) is 13.9 Å². The summed E-state index contributed by atoms with van der Waals surface area (Å²) in [5.41, 5.74) is 1.95. The second kappa shape index (κ2) is 5.31. The molecule has 0 fully saturated rings. The predicted molar refractivity (Wildman–Crippen MR) is 89.0 cm³/mol. The van der Waals surface area contributed by atoms with Gasteiger partial charge < -0.3 is 4.42 Å². The molecule has 0 bridgehead atoms. The van der Waals surface area contributed by atoms with Gasteiger partial charge in [-0.2, -0.15) is 8.42 Å². The summed E-state index contributed by atoms with van der Waals surface area (Å²) in [5.74, 6) is 0.628. The van der Waals surface area contributed by atoms with Crippen LogP contribution in [0.25, 0.3) is 22.4 Å². The van der Waals surface area contributed by atoms with Crippen LogP contribution in [0.5, 0.6) is 0 Å². The van der Waals surface area contributed by atoms with Crippen molar-refractivity contribution in [2.45, 2.75) is 11.9 Å². The zero-order valence-electron chi connectivity index (χ0n) is 12.7. The minimum absolute atomic E-state index is 0.0322. The molecular weight excluding hydrogens is 326 g/mol. The fraction of sp³-hybridized carbons (Fsp3) is 0.0588. The molecule has 0 aliphatic rings. The summed E-state index contributed by atoms with van der Waals surface area (Å²) in [5, 5.41) is 0.672. The van der Waals surface area contributed by atoms with E-state index in [9.17, 15) is 8.42 Å². The van der Waals surface area contributed by atoms with Gasteiger partial charge in [-0.15, -0.1) is 0 Å². The standard InChI is InChI=1S/C17H13N3O3S/c1-12-7-10-23-16(12)14-11-20(17-13(14)5-4-9-19-17)24(21,22)15-6-2-3-8-18-15/h2-11H,1H3. The van der Waals surface area contributed by atoms with Gasteiger partial charge in [-0.3, -0.25) is 0 Å². The third-order valence-electron chi connectivity index (χ3n) is 3.80. The van der Waals surface area contributed by atoms with Crippen molar-refractivity contribution in [1.82, 2.24) is 13.9 Å². The Morgan fingerprint density at radius 3 is 2.58 bits per heavy atom. The first-order chi connectivity index (χ1) is 11.6. The van der Waals surface area contributed by atoms with Gasteiger partial charge in [0.25, 0.3) is 10.0 Å². The van der Waals surface area contributed by atoms with E-state index in [0.29, 0.717) is 22.4 Å². The quantitative estimate of drug-likeness (QED) is 0.572. The molecule has 0 N–H and O–H groups in total. The molecule has 0 aliphatic carbocycles. The van der Waals surface area contributed by atoms with Crippen LogP contribution in [0.2, 0.25) is 0 Å². The zero-order chi connectivity index (χ0) is 16.7. The summed E-state index contributed by atoms with van der Waals surface area (Å²) in [4.78, 5) is 8.21. The summed E-state index contributed by atoms with van der Waals surface area (Å²) in [6.07, 6.45) is 6.13. The first-order valence-corrected chi connectivity index (χ1v) is 8.70. The van der Waals surface area contributed by atoms with Crippen molar-refractivity contribution in [3.8, 4) is 11.3 Å². The summed E-state index contributed by atoms with van der Waals surface area (Å²) in [6, 6.07) is 10.2. The van der Waals surface area contributed by atoms with Crippen molar-refractivity contribution >= 4 is 21.1 Å². The van der Waals surface area contributed by atoms with Crippen LogP contribution >= 0.6 is 0 Å². The third kappa shape index (κ3) is 2.13. The van der Waals surface area contributed by atoms with E-state index < -0.39 is 10.0 Å². The average molecular weight is 339 g/mol. The molecule has 0 amide bonds. The molecule has 24 heavy (non-hydrogen) atoms. The number of furan rings is 1. The lowest BCUT2D eigenvalue weighted by Gasteiger charge is -2.05. The van der Waals surface area contributed by atoms with E-state index in [1.807, 2.05) is 19.1 Å². The van der Waals surface area contributed by atoms with E-state index in [0.717, 1.165) is 9.54 Å². The maximum Gasteiger partial charge on any atom is 0.286 e. The first kappa shape index (κ1) is 14.6. The maximum atomic E-state index is 12.9. The highest BCUT2D eigenvalue weighted by atomic mass is 32.2. The molecule has 4 aromatic heterocycles. The van der Waals surface area contributed by atoms with Crippen LogP contribution in [-0.2, 0) is 10.0 Å². The predicted octanol–water partition coefficient (Wildman–Crippen LogP) is 3.24. The van der Waals surface area contributed by atoms with E-state index in [4.69, 9.17) is 4.42 Å². The number of aryl methyl sites for hydroxylation is 1. The van der Waals surface area contributed by atoms with Crippen molar-refractivity contribution in [2.75, 3.05) is 0 Å². The number of hydrogen-bond donors (Lipinski definition) is 0. The van der Waals surface area contributed by atoms with Crippen LogP contribution < -0.4 is 0 Å². The summed E-state index contributed by atoms with van der Waals surface area (Å²) >= 11 is 0. The van der Waals surface area contributed by atoms with Gasteiger partial charge >= 0.3 is 0 Å². The highest BCUT2D eigenvalue weighted by molar-refractivity contribution is 7.90. The Bertz CT molecular complexity index is 1130. The lowest BCUT2D eigenvalue weighted by molar-refractivity contribution is 0.580. The molecule has 0 atom stereocenters. The van der Waals surface area contributed by atoms with Gasteiger partial charge in [-0.1, -0.05) is 6.07 Å². The number of aromatic nitrogens is 3. The molecular formula is C17H13N3O3S. The molecule has 0 saturated heterocycles. The Morgan fingerprint density at radius 2 is 1.88 bits per heavy atom. The topological polar surface area (TPSA) is 78.0 Å². The van der Waals surface area contributed by atoms with Gasteiger partial charge in [-0.05, 0) is 42.8 Å². The molecule has 4 aromatic rings. The van der Waals surface area contributed by atoms with Crippen LogP contribution in [0.3, 0.4) is 0 Å². The number of pyridine rings is 2. The van der Waals surface area contributed by atoms with E-state index in [-0.39, 0.29) is 5.03 Å². The SMILES string of the molecule is Cc1ccoc1-c1cn(S(=O)(=O)c2ccccn2)c2ncccc12. The van der Waals surface area contributed by atoms with E-state index in [1.54, 1.807) is 30.7 Å². The fourth-order valence-corrected chi connectivity index (χ4v) is 3.91. The lowest BCUT2D eigenvalue weighted by atomic mass is 10.1. The number of hydrogen-bond acceptors (Lipinski definition) is 5. The Kier molecular flexibility index (Phi) is 3.24. The molecule has 4 rings (SSSR count). The molecule has 0 aromatic carbocycles. The molecule has 4 heterocycles. The zero-order valence-corrected chi connectivity index (χ0v) is 13.6. The molecule has 120 valence electrons. The minimum Gasteiger partial charge on any atom is -0.464 e. The van der Waals surface area contributed by atoms with Gasteiger partial charge in [0.1, 0.15) is 5.76 Å². The van der Waals surface area contributed by atoms with Crippen LogP contribution in [-0.4, -0.2) is 22.4 Å². The van der Waals surface area contributed by atoms with Crippen LogP contribution in [0, 0.1) is 6.92 Å². The summed E-state index contributed by atoms with van der Waals surface area (Å²) in [6.45, 7) is 1.91. The molecule has 0 unspecified atom stereocenters. The molecule has 0 aliphatic heterocycles. The first-order valence-electron chi connectivity index (χ1n) is 7.26. The molecule has 0 spiro atoms. The molecule has 0 saturated carbocycles. The normalized spacial score (nSPS) is 11.9. The van der Waals surface area contributed by atoms with Crippen molar-refractivity contribution in [3.05, 3.63) is 66.8 Å². The Labute approximate surface area is 138 Å². The Hall–Kier alpha value is -2.93. The smallest absolute Gasteiger partial charge is 0.286 e. The summed E-state index contributed by atoms with van der Waals surface area (Å²) < 4.78 is 32.6. The highest BCUT2D eigenvalue weighted by Gasteiger charge is 2.24. The molecule has 7 heteroatoms. The van der Waals surface area contributed by atoms with E-state index in [1.165, 1.54) is 18.5 Å². The number of nitrogens with zero attached hydrogens (tertiary/aromatic N) is 3. The fourth-order valence-electron chi connectivity index (χ4n) is 2.64. The maximum absolute atomic E-state index is 12.9. The highest BCUT2D eigenvalue weighted by Crippen LogP contribution is 2.33. The van der Waals surface area contributed by atoms with Crippen molar-refractivity contribution in [1.29, 1.82) is 0 Å². The molecule has 0 radical (unpaired) electrons. The van der Waals surface area contributed by atoms with Crippen LogP contribution in [0.4, 0.5) is 0 Å². The number of fused-ring (bicyclic) bond motifs is 1. The van der Waals surface area contributed by atoms with Crippen LogP contribution in [0.1, 0.15) is 5.56 Å². The monoisotopic (exact) mass is 339 g/mol. The molecule has 6 nitrogen and oxygen atoms in total. The van der Waals surface area contributed by atoms with Gasteiger partial charge in [0.2, 0.25) is 0 Å². The van der Waals surface area contributed by atoms with Crippen molar-refractivity contribution in [3.63, 3.8) is 0 Å². The Balaban J connectivity index is 2.03. The second-order valence-electron chi connectivity index (χ2n) is 5.32. The second-order valence-corrected chi connectivity index (χ2v) is 7.08. The van der Waals surface area contributed by atoms with Crippen molar-refractivity contribution in [2.24, 2.45) is 0 Å². The number of rotatable bonds is 3. The minimum atomic E-state index is -3.85. The van der Waals surface area contributed by atoms with Gasteiger partial charge in [0, 0.05) is 29.5 Å². The lowest BCUT2D eigenvalue weighted by Crippen LogP contribution is -2.13. The summed E-state index contributed by atoms with van der Waals surface area (Å²) in [7, 11) is -3.85. The Morgan fingerprint density at radius 1 is 1.04 bits per heavy atom. The largest absolute Gasteiger partial charge is 0.464 e. The van der Waals surface area contributed by atoms with Crippen LogP contribution in [0.15, 0.2) is 70.7 Å². The third-order valence-corrected chi connectivity index (χ3v) is 5.37.